The zero-order valence-electron chi connectivity index (χ0n) is 15.9. The largest absolute Gasteiger partial charge is 0.486 e. The maximum absolute atomic E-state index is 12.3. The lowest BCUT2D eigenvalue weighted by molar-refractivity contribution is -0.123. The van der Waals surface area contributed by atoms with Crippen LogP contribution < -0.4 is 20.1 Å². The predicted octanol–water partition coefficient (Wildman–Crippen LogP) is 2.14. The second kappa shape index (κ2) is 10.1. The number of likely N-dealkylation sites (N-methyl/N-ethyl adjacent to an activating group) is 1. The second-order valence-electron chi connectivity index (χ2n) is 6.39. The molecule has 28 heavy (non-hydrogen) atoms. The molecule has 0 aliphatic carbocycles. The Morgan fingerprint density at radius 3 is 2.64 bits per heavy atom. The zero-order valence-corrected chi connectivity index (χ0v) is 16.7. The highest BCUT2D eigenvalue weighted by Crippen LogP contribution is 2.32. The van der Waals surface area contributed by atoms with Crippen LogP contribution in [-0.2, 0) is 16.0 Å². The van der Waals surface area contributed by atoms with Crippen molar-refractivity contribution in [3.8, 4) is 11.5 Å². The van der Waals surface area contributed by atoms with E-state index in [0.717, 1.165) is 6.42 Å². The van der Waals surface area contributed by atoms with Gasteiger partial charge in [-0.1, -0.05) is 13.0 Å². The Kier molecular flexibility index (Phi) is 7.27. The van der Waals surface area contributed by atoms with Gasteiger partial charge in [0, 0.05) is 23.2 Å². The van der Waals surface area contributed by atoms with Crippen LogP contribution in [0.4, 0.5) is 5.69 Å². The molecule has 0 radical (unpaired) electrons. The maximum Gasteiger partial charge on any atom is 0.238 e. The number of hydrogen-bond donors (Lipinski definition) is 2. The van der Waals surface area contributed by atoms with Crippen LogP contribution in [0.15, 0.2) is 35.7 Å². The average molecular weight is 404 g/mol. The van der Waals surface area contributed by atoms with Crippen LogP contribution in [0.25, 0.3) is 0 Å². The Balaban J connectivity index is 1.43. The monoisotopic (exact) mass is 403 g/mol. The van der Waals surface area contributed by atoms with Crippen molar-refractivity contribution in [3.05, 3.63) is 40.6 Å². The number of carbonyl (C=O) groups is 2. The van der Waals surface area contributed by atoms with Crippen molar-refractivity contribution in [2.45, 2.75) is 13.3 Å². The Morgan fingerprint density at radius 1 is 1.11 bits per heavy atom. The smallest absolute Gasteiger partial charge is 0.238 e. The molecule has 0 fully saturated rings. The van der Waals surface area contributed by atoms with E-state index in [0.29, 0.717) is 43.5 Å². The summed E-state index contributed by atoms with van der Waals surface area (Å²) in [5, 5.41) is 7.78. The number of nitrogens with zero attached hydrogens (tertiary/aromatic N) is 1. The molecular weight excluding hydrogens is 378 g/mol. The lowest BCUT2D eigenvalue weighted by Gasteiger charge is -2.21. The van der Waals surface area contributed by atoms with Crippen molar-refractivity contribution in [2.75, 3.05) is 44.7 Å². The lowest BCUT2D eigenvalue weighted by atomic mass is 10.2. The molecule has 7 nitrogen and oxygen atoms in total. The number of nitrogens with one attached hydrogen (secondary N) is 2. The highest BCUT2D eigenvalue weighted by molar-refractivity contribution is 7.09. The van der Waals surface area contributed by atoms with Gasteiger partial charge in [0.1, 0.15) is 13.2 Å². The first-order valence-electron chi connectivity index (χ1n) is 9.35. The molecule has 1 aliphatic heterocycles. The zero-order chi connectivity index (χ0) is 19.8. The summed E-state index contributed by atoms with van der Waals surface area (Å²) in [6.45, 7) is 4.48. The Bertz CT molecular complexity index is 795. The summed E-state index contributed by atoms with van der Waals surface area (Å²) in [5.41, 5.74) is 0.644. The van der Waals surface area contributed by atoms with Crippen LogP contribution in [0.3, 0.4) is 0 Å². The highest BCUT2D eigenvalue weighted by atomic mass is 32.1. The molecule has 0 unspecified atom stereocenters. The Hall–Kier alpha value is -2.58. The molecule has 2 amide bonds. The summed E-state index contributed by atoms with van der Waals surface area (Å²) in [4.78, 5) is 27.5. The molecule has 150 valence electrons. The molecule has 1 aromatic carbocycles. The van der Waals surface area contributed by atoms with Crippen LogP contribution in [0.2, 0.25) is 0 Å². The first kappa shape index (κ1) is 20.2. The number of rotatable bonds is 9. The molecule has 1 aromatic heterocycles. The van der Waals surface area contributed by atoms with E-state index >= 15 is 0 Å². The minimum Gasteiger partial charge on any atom is -0.486 e. The molecule has 2 heterocycles. The van der Waals surface area contributed by atoms with Crippen molar-refractivity contribution >= 4 is 28.8 Å². The predicted molar refractivity (Wildman–Crippen MR) is 109 cm³/mol. The van der Waals surface area contributed by atoms with Crippen molar-refractivity contribution in [3.63, 3.8) is 0 Å². The van der Waals surface area contributed by atoms with Crippen molar-refractivity contribution < 1.29 is 19.1 Å². The van der Waals surface area contributed by atoms with Gasteiger partial charge in [0.05, 0.1) is 13.1 Å². The van der Waals surface area contributed by atoms with Gasteiger partial charge in [0.2, 0.25) is 11.8 Å². The first-order chi connectivity index (χ1) is 13.6. The SMILES string of the molecule is CCN(CC(=O)NCCc1cccs1)CC(=O)Nc1ccc2c(c1)OCCO2. The fourth-order valence-corrected chi connectivity index (χ4v) is 3.55. The van der Waals surface area contributed by atoms with Crippen LogP contribution in [-0.4, -0.2) is 56.1 Å². The molecule has 0 bridgehead atoms. The van der Waals surface area contributed by atoms with Crippen LogP contribution in [0, 0.1) is 0 Å². The highest BCUT2D eigenvalue weighted by Gasteiger charge is 2.15. The van der Waals surface area contributed by atoms with E-state index in [9.17, 15) is 9.59 Å². The van der Waals surface area contributed by atoms with Gasteiger partial charge in [-0.15, -0.1) is 11.3 Å². The number of thiophene rings is 1. The quantitative estimate of drug-likeness (QED) is 0.671. The van der Waals surface area contributed by atoms with E-state index in [-0.39, 0.29) is 24.9 Å². The second-order valence-corrected chi connectivity index (χ2v) is 7.42. The van der Waals surface area contributed by atoms with Crippen LogP contribution >= 0.6 is 11.3 Å². The number of carbonyl (C=O) groups excluding carboxylic acids is 2. The summed E-state index contributed by atoms with van der Waals surface area (Å²) < 4.78 is 11.0. The third-order valence-electron chi connectivity index (χ3n) is 4.28. The van der Waals surface area contributed by atoms with E-state index in [1.54, 1.807) is 34.4 Å². The molecule has 0 saturated carbocycles. The number of hydrogen-bond acceptors (Lipinski definition) is 6. The molecule has 1 aliphatic rings. The Labute approximate surface area is 168 Å². The molecule has 8 heteroatoms. The summed E-state index contributed by atoms with van der Waals surface area (Å²) in [5.74, 6) is 1.05. The molecular formula is C20H25N3O4S. The van der Waals surface area contributed by atoms with E-state index in [1.807, 2.05) is 18.4 Å². The van der Waals surface area contributed by atoms with Gasteiger partial charge in [-0.3, -0.25) is 14.5 Å². The van der Waals surface area contributed by atoms with Gasteiger partial charge in [0.15, 0.2) is 11.5 Å². The lowest BCUT2D eigenvalue weighted by Crippen LogP contribution is -2.41. The van der Waals surface area contributed by atoms with Gasteiger partial charge < -0.3 is 20.1 Å². The van der Waals surface area contributed by atoms with Crippen LogP contribution in [0.1, 0.15) is 11.8 Å². The van der Waals surface area contributed by atoms with Crippen molar-refractivity contribution in [1.29, 1.82) is 0 Å². The molecule has 0 saturated heterocycles. The molecule has 0 atom stereocenters. The van der Waals surface area contributed by atoms with E-state index in [4.69, 9.17) is 9.47 Å². The first-order valence-corrected chi connectivity index (χ1v) is 10.2. The van der Waals surface area contributed by atoms with E-state index in [1.165, 1.54) is 4.88 Å². The number of ether oxygens (including phenoxy) is 2. The van der Waals surface area contributed by atoms with Crippen LogP contribution in [0.5, 0.6) is 11.5 Å². The topological polar surface area (TPSA) is 79.9 Å². The normalized spacial score (nSPS) is 12.6. The molecule has 2 aromatic rings. The standard InChI is InChI=1S/C20H25N3O4S/c1-2-23(13-19(24)21-8-7-16-4-3-11-28-16)14-20(25)22-15-5-6-17-18(12-15)27-10-9-26-17/h3-6,11-12H,2,7-10,13-14H2,1H3,(H,21,24)(H,22,25). The molecule has 3 rings (SSSR count). The summed E-state index contributed by atoms with van der Waals surface area (Å²) in [6.07, 6.45) is 0.820. The summed E-state index contributed by atoms with van der Waals surface area (Å²) in [7, 11) is 0. The third-order valence-corrected chi connectivity index (χ3v) is 5.22. The van der Waals surface area contributed by atoms with Crippen molar-refractivity contribution in [2.24, 2.45) is 0 Å². The fourth-order valence-electron chi connectivity index (χ4n) is 2.84. The summed E-state index contributed by atoms with van der Waals surface area (Å²) in [6, 6.07) is 9.36. The number of amides is 2. The minimum atomic E-state index is -0.176. The number of anilines is 1. The van der Waals surface area contributed by atoms with Gasteiger partial charge in [-0.05, 0) is 36.5 Å². The maximum atomic E-state index is 12.3. The fraction of sp³-hybridized carbons (Fsp3) is 0.400. The van der Waals surface area contributed by atoms with Crippen molar-refractivity contribution in [1.82, 2.24) is 10.2 Å². The van der Waals surface area contributed by atoms with Gasteiger partial charge in [-0.25, -0.2) is 0 Å². The minimum absolute atomic E-state index is 0.0782. The molecule has 2 N–H and O–H groups in total. The van der Waals surface area contributed by atoms with Gasteiger partial charge in [-0.2, -0.15) is 0 Å². The van der Waals surface area contributed by atoms with E-state index < -0.39 is 0 Å². The number of benzene rings is 1. The average Bonchev–Trinajstić information content (AvgIpc) is 3.20. The Morgan fingerprint density at radius 2 is 1.89 bits per heavy atom. The molecule has 0 spiro atoms. The third kappa shape index (κ3) is 5.97. The van der Waals surface area contributed by atoms with Gasteiger partial charge in [0.25, 0.3) is 0 Å². The number of fused-ring (bicyclic) bond motifs is 1. The summed E-state index contributed by atoms with van der Waals surface area (Å²) >= 11 is 1.68. The van der Waals surface area contributed by atoms with E-state index in [2.05, 4.69) is 16.7 Å². The van der Waals surface area contributed by atoms with Gasteiger partial charge >= 0.3 is 0 Å².